The maximum atomic E-state index is 12.7. The molecule has 7 amide bonds. The number of benzene rings is 1. The van der Waals surface area contributed by atoms with Crippen molar-refractivity contribution in [3.8, 4) is 0 Å². The first-order chi connectivity index (χ1) is 30.2. The number of unbranched alkanes of at least 4 members (excludes halogenated alkanes) is 2. The first-order valence-corrected chi connectivity index (χ1v) is 20.6. The van der Waals surface area contributed by atoms with Gasteiger partial charge in [0.2, 0.25) is 23.6 Å². The van der Waals surface area contributed by atoms with E-state index in [1.807, 2.05) is 26.8 Å². The number of rotatable bonds is 25. The Kier molecular flexibility index (Phi) is 32.0. The lowest BCUT2D eigenvalue weighted by Gasteiger charge is -2.19. The summed E-state index contributed by atoms with van der Waals surface area (Å²) in [5.74, 6) is -9.57. The van der Waals surface area contributed by atoms with Gasteiger partial charge in [-0.1, -0.05) is 45.4 Å². The van der Waals surface area contributed by atoms with Gasteiger partial charge in [-0.2, -0.15) is 0 Å². The molecule has 1 saturated heterocycles. The summed E-state index contributed by atoms with van der Waals surface area (Å²) in [7, 11) is 0. The molecule has 0 bridgehead atoms. The van der Waals surface area contributed by atoms with Crippen LogP contribution in [-0.2, 0) is 57.6 Å². The van der Waals surface area contributed by atoms with Gasteiger partial charge in [0.1, 0.15) is 12.1 Å². The summed E-state index contributed by atoms with van der Waals surface area (Å²) >= 11 is 0. The first kappa shape index (κ1) is 59.2. The van der Waals surface area contributed by atoms with E-state index in [4.69, 9.17) is 20.2 Å². The summed E-state index contributed by atoms with van der Waals surface area (Å²) < 4.78 is 0. The van der Waals surface area contributed by atoms with Crippen LogP contribution in [0.5, 0.6) is 0 Å². The van der Waals surface area contributed by atoms with Crippen molar-refractivity contribution in [2.75, 3.05) is 19.6 Å². The lowest BCUT2D eigenvalue weighted by Crippen LogP contribution is -2.52. The molecule has 1 heterocycles. The van der Waals surface area contributed by atoms with Crippen LogP contribution in [0.4, 0.5) is 0 Å². The highest BCUT2D eigenvalue weighted by atomic mass is 16.7. The zero-order valence-electron chi connectivity index (χ0n) is 36.8. The summed E-state index contributed by atoms with van der Waals surface area (Å²) in [6, 6.07) is 4.33. The number of aryl methyl sites for hydroxylation is 1. The molecule has 0 radical (unpaired) electrons. The van der Waals surface area contributed by atoms with Crippen molar-refractivity contribution in [1.29, 1.82) is 0 Å². The molecule has 1 fully saturated rings. The molecular formula is C41H62N6O17. The molecule has 1 aromatic carbocycles. The average molecular weight is 911 g/mol. The van der Waals surface area contributed by atoms with Gasteiger partial charge in [-0.05, 0) is 57.6 Å². The zero-order valence-corrected chi connectivity index (χ0v) is 36.8. The van der Waals surface area contributed by atoms with Gasteiger partial charge in [-0.15, -0.1) is 5.06 Å². The molecule has 1 aliphatic heterocycles. The third-order valence-electron chi connectivity index (χ3n) is 8.13. The molecule has 0 aliphatic carbocycles. The van der Waals surface area contributed by atoms with Crippen molar-refractivity contribution in [2.45, 2.75) is 130 Å². The molecule has 23 heteroatoms. The standard InChI is InChI=1S/C33H44N6O13.2C3H6O2.C2H6/c1-20-7-6-8-21(17-20)31(48)34-16-5-4-9-23(33(50)51)38-26(42)19-36-32(49)22(12-15-29(45)46)37-25(41)18-35-24(40)10-2-3-11-30(47)52-39-27(43)13-14-28(39)44;2*1-2-3(4)5;1-2/h6-8,17,22-23H,2-5,9-16,18-19H2,1H3,(H,34,48)(H,35,40)(H,36,49)(H,37,41)(H,38,42)(H,45,46)(H,50,51);2*2H2,1H3,(H,4,5);1-2H3/t22-,23-;;;/m1.../s1. The van der Waals surface area contributed by atoms with E-state index in [0.717, 1.165) is 5.56 Å². The zero-order chi connectivity index (χ0) is 49.2. The second-order valence-corrected chi connectivity index (χ2v) is 13.4. The maximum Gasteiger partial charge on any atom is 0.333 e. The fourth-order valence-corrected chi connectivity index (χ4v) is 4.77. The molecule has 0 aromatic heterocycles. The molecule has 1 aliphatic rings. The Balaban J connectivity index is 0. The number of carboxylic acid groups (broad SMARTS) is 4. The Hall–Kier alpha value is -6.94. The monoisotopic (exact) mass is 910 g/mol. The number of carbonyl (C=O) groups is 12. The van der Waals surface area contributed by atoms with Crippen LogP contribution in [0.15, 0.2) is 24.3 Å². The smallest absolute Gasteiger partial charge is 0.333 e. The number of hydrogen-bond acceptors (Lipinski definition) is 13. The predicted molar refractivity (Wildman–Crippen MR) is 225 cm³/mol. The molecule has 2 atom stereocenters. The van der Waals surface area contributed by atoms with Crippen molar-refractivity contribution < 1.29 is 82.8 Å². The SMILES string of the molecule is CC.CCC(=O)O.CCC(=O)O.Cc1cccc(C(=O)NCCCC[C@@H](NC(=O)CNC(=O)[C@@H](CCC(=O)O)NC(=O)CNC(=O)CCCCC(=O)ON2C(=O)CCC2=O)C(=O)O)c1. The number of carbonyl (C=O) groups excluding carboxylic acids is 8. The first-order valence-electron chi connectivity index (χ1n) is 20.6. The van der Waals surface area contributed by atoms with Gasteiger partial charge < -0.3 is 51.8 Å². The lowest BCUT2D eigenvalue weighted by molar-refractivity contribution is -0.197. The number of nitrogens with zero attached hydrogens (tertiary/aromatic N) is 1. The molecule has 64 heavy (non-hydrogen) atoms. The topological polar surface area (TPSA) is 358 Å². The molecular weight excluding hydrogens is 848 g/mol. The Morgan fingerprint density at radius 2 is 1.19 bits per heavy atom. The second kappa shape index (κ2) is 34.6. The summed E-state index contributed by atoms with van der Waals surface area (Å²) in [4.78, 5) is 143. The highest BCUT2D eigenvalue weighted by molar-refractivity contribution is 6.01. The fourth-order valence-electron chi connectivity index (χ4n) is 4.77. The molecule has 23 nitrogen and oxygen atoms in total. The number of nitrogens with one attached hydrogen (secondary N) is 5. The van der Waals surface area contributed by atoms with Crippen LogP contribution in [0.3, 0.4) is 0 Å². The average Bonchev–Trinajstić information content (AvgIpc) is 3.57. The van der Waals surface area contributed by atoms with E-state index in [0.29, 0.717) is 23.5 Å². The molecule has 1 aromatic rings. The number of carboxylic acids is 4. The third-order valence-corrected chi connectivity index (χ3v) is 8.13. The van der Waals surface area contributed by atoms with Crippen molar-refractivity contribution in [3.63, 3.8) is 0 Å². The van der Waals surface area contributed by atoms with E-state index < -0.39 is 96.9 Å². The van der Waals surface area contributed by atoms with E-state index in [2.05, 4.69) is 26.6 Å². The molecule has 9 N–H and O–H groups in total. The number of aliphatic carboxylic acids is 4. The van der Waals surface area contributed by atoms with Crippen LogP contribution in [0.25, 0.3) is 0 Å². The van der Waals surface area contributed by atoms with E-state index >= 15 is 0 Å². The Morgan fingerprint density at radius 1 is 0.656 bits per heavy atom. The van der Waals surface area contributed by atoms with Crippen LogP contribution >= 0.6 is 0 Å². The molecule has 0 unspecified atom stereocenters. The molecule has 358 valence electrons. The number of amides is 7. The van der Waals surface area contributed by atoms with Gasteiger partial charge in [0.15, 0.2) is 0 Å². The van der Waals surface area contributed by atoms with E-state index in [-0.39, 0.29) is 76.7 Å². The van der Waals surface area contributed by atoms with Crippen LogP contribution in [0, 0.1) is 6.92 Å². The van der Waals surface area contributed by atoms with Crippen LogP contribution in [0.2, 0.25) is 0 Å². The predicted octanol–water partition coefficient (Wildman–Crippen LogP) is 1.20. The van der Waals surface area contributed by atoms with Gasteiger partial charge in [0, 0.05) is 57.1 Å². The van der Waals surface area contributed by atoms with Crippen LogP contribution in [-0.4, -0.2) is 128 Å². The van der Waals surface area contributed by atoms with Crippen molar-refractivity contribution in [1.82, 2.24) is 31.6 Å². The van der Waals surface area contributed by atoms with Gasteiger partial charge in [-0.25, -0.2) is 9.59 Å². The third kappa shape index (κ3) is 29.3. The summed E-state index contributed by atoms with van der Waals surface area (Å²) in [5.41, 5.74) is 1.42. The lowest BCUT2D eigenvalue weighted by atomic mass is 10.1. The van der Waals surface area contributed by atoms with Crippen LogP contribution in [0.1, 0.15) is 127 Å². The Bertz CT molecular complexity index is 1720. The molecule has 0 saturated carbocycles. The minimum Gasteiger partial charge on any atom is -0.481 e. The minimum absolute atomic E-state index is 0.0357. The van der Waals surface area contributed by atoms with E-state index in [1.54, 1.807) is 32.0 Å². The number of hydroxylamine groups is 2. The van der Waals surface area contributed by atoms with Crippen LogP contribution < -0.4 is 26.6 Å². The van der Waals surface area contributed by atoms with Gasteiger partial charge in [0.25, 0.3) is 17.7 Å². The van der Waals surface area contributed by atoms with Crippen molar-refractivity contribution in [3.05, 3.63) is 35.4 Å². The highest BCUT2D eigenvalue weighted by Gasteiger charge is 2.32. The van der Waals surface area contributed by atoms with Gasteiger partial charge in [0.05, 0.1) is 13.1 Å². The molecule has 2 rings (SSSR count). The quantitative estimate of drug-likeness (QED) is 0.0491. The second-order valence-electron chi connectivity index (χ2n) is 13.4. The maximum absolute atomic E-state index is 12.7. The Morgan fingerprint density at radius 3 is 1.70 bits per heavy atom. The van der Waals surface area contributed by atoms with Gasteiger partial charge in [-0.3, -0.25) is 47.9 Å². The van der Waals surface area contributed by atoms with Crippen molar-refractivity contribution >= 4 is 71.2 Å². The summed E-state index contributed by atoms with van der Waals surface area (Å²) in [5, 5.41) is 46.3. The Labute approximate surface area is 370 Å². The number of hydrogen-bond donors (Lipinski definition) is 9. The largest absolute Gasteiger partial charge is 0.481 e. The minimum atomic E-state index is -1.40. The van der Waals surface area contributed by atoms with E-state index in [1.165, 1.54) is 0 Å². The number of imide groups is 1. The van der Waals surface area contributed by atoms with Crippen molar-refractivity contribution in [2.24, 2.45) is 0 Å². The van der Waals surface area contributed by atoms with Gasteiger partial charge >= 0.3 is 29.8 Å². The van der Waals surface area contributed by atoms with E-state index in [9.17, 15) is 62.6 Å². The fraction of sp³-hybridized carbons (Fsp3) is 0.561. The normalized spacial score (nSPS) is 12.1. The summed E-state index contributed by atoms with van der Waals surface area (Å²) in [6.45, 7) is 8.08. The summed E-state index contributed by atoms with van der Waals surface area (Å²) in [6.07, 6.45) is 0.412. The molecule has 0 spiro atoms. The highest BCUT2D eigenvalue weighted by Crippen LogP contribution is 2.13.